The van der Waals surface area contributed by atoms with E-state index in [1.54, 1.807) is 6.92 Å². The molecule has 0 saturated carbocycles. The van der Waals surface area contributed by atoms with Crippen LogP contribution in [0, 0.1) is 17.0 Å². The molecule has 0 spiro atoms. The first-order chi connectivity index (χ1) is 11.1. The zero-order valence-electron chi connectivity index (χ0n) is 11.9. The number of carbonyl (C=O) groups excluding carboxylic acids is 1. The summed E-state index contributed by atoms with van der Waals surface area (Å²) < 4.78 is 15.3. The standard InChI is InChI=1S/C14H11N3O6/c1-8-10(2-3-21-8)14(18)16-15-6-9-4-12-13(23-7-22-12)5-11(9)17(19)20/h2-6H,7H2,1H3,(H,16,18)/b15-6-. The number of rotatable bonds is 4. The van der Waals surface area contributed by atoms with E-state index < -0.39 is 10.8 Å². The number of fused-ring (bicyclic) bond motifs is 1. The van der Waals surface area contributed by atoms with Crippen molar-refractivity contribution in [2.45, 2.75) is 6.92 Å². The summed E-state index contributed by atoms with van der Waals surface area (Å²) in [5.74, 6) is 0.656. The maximum atomic E-state index is 11.9. The second-order valence-electron chi connectivity index (χ2n) is 4.61. The first kappa shape index (κ1) is 14.6. The second-order valence-corrected chi connectivity index (χ2v) is 4.61. The Morgan fingerprint density at radius 2 is 2.13 bits per heavy atom. The van der Waals surface area contributed by atoms with Gasteiger partial charge in [-0.25, -0.2) is 5.43 Å². The van der Waals surface area contributed by atoms with Crippen LogP contribution in [-0.2, 0) is 0 Å². The number of amides is 1. The van der Waals surface area contributed by atoms with Crippen molar-refractivity contribution in [2.24, 2.45) is 5.10 Å². The SMILES string of the molecule is Cc1occc1C(=O)N/N=C\c1cc2c(cc1[N+](=O)[O-])OCO2. The van der Waals surface area contributed by atoms with Crippen LogP contribution in [0.25, 0.3) is 0 Å². The largest absolute Gasteiger partial charge is 0.469 e. The number of nitrogens with zero attached hydrogens (tertiary/aromatic N) is 2. The lowest BCUT2D eigenvalue weighted by Gasteiger charge is -2.01. The fourth-order valence-electron chi connectivity index (χ4n) is 2.05. The van der Waals surface area contributed by atoms with Crippen LogP contribution in [0.1, 0.15) is 21.7 Å². The fourth-order valence-corrected chi connectivity index (χ4v) is 2.05. The molecule has 9 heteroatoms. The lowest BCUT2D eigenvalue weighted by molar-refractivity contribution is -0.385. The van der Waals surface area contributed by atoms with Crippen molar-refractivity contribution in [1.29, 1.82) is 0 Å². The van der Waals surface area contributed by atoms with Crippen LogP contribution in [0.4, 0.5) is 5.69 Å². The van der Waals surface area contributed by atoms with Crippen LogP contribution in [-0.4, -0.2) is 23.8 Å². The van der Waals surface area contributed by atoms with Crippen molar-refractivity contribution in [3.05, 3.63) is 51.5 Å². The molecule has 0 saturated heterocycles. The number of nitro groups is 1. The fraction of sp³-hybridized carbons (Fsp3) is 0.143. The lowest BCUT2D eigenvalue weighted by Crippen LogP contribution is -2.17. The van der Waals surface area contributed by atoms with Gasteiger partial charge in [-0.05, 0) is 19.1 Å². The number of hydrazone groups is 1. The van der Waals surface area contributed by atoms with Gasteiger partial charge in [0.2, 0.25) is 6.79 Å². The molecule has 1 aliphatic rings. The molecule has 0 fully saturated rings. The van der Waals surface area contributed by atoms with Gasteiger partial charge >= 0.3 is 0 Å². The molecule has 1 aliphatic heterocycles. The Morgan fingerprint density at radius 1 is 1.39 bits per heavy atom. The van der Waals surface area contributed by atoms with Crippen LogP contribution in [0.5, 0.6) is 11.5 Å². The molecule has 0 unspecified atom stereocenters. The van der Waals surface area contributed by atoms with Gasteiger partial charge in [-0.3, -0.25) is 14.9 Å². The van der Waals surface area contributed by atoms with Gasteiger partial charge in [0, 0.05) is 0 Å². The molecule has 3 rings (SSSR count). The molecule has 0 aliphatic carbocycles. The first-order valence-electron chi connectivity index (χ1n) is 6.52. The van der Waals surface area contributed by atoms with E-state index in [4.69, 9.17) is 13.9 Å². The highest BCUT2D eigenvalue weighted by atomic mass is 16.7. The van der Waals surface area contributed by atoms with Crippen molar-refractivity contribution in [3.8, 4) is 11.5 Å². The summed E-state index contributed by atoms with van der Waals surface area (Å²) in [6.45, 7) is 1.64. The first-order valence-corrected chi connectivity index (χ1v) is 6.52. The Hall–Kier alpha value is -3.36. The molecule has 0 bridgehead atoms. The number of aryl methyl sites for hydroxylation is 1. The molecule has 2 heterocycles. The van der Waals surface area contributed by atoms with Crippen LogP contribution in [0.3, 0.4) is 0 Å². The molecule has 1 amide bonds. The molecule has 1 N–H and O–H groups in total. The Labute approximate surface area is 129 Å². The predicted octanol–water partition coefficient (Wildman–Crippen LogP) is 1.99. The summed E-state index contributed by atoms with van der Waals surface area (Å²) in [4.78, 5) is 22.4. The van der Waals surface area contributed by atoms with E-state index in [1.807, 2.05) is 0 Å². The number of carbonyl (C=O) groups is 1. The quantitative estimate of drug-likeness (QED) is 0.523. The number of ether oxygens (including phenoxy) is 2. The third kappa shape index (κ3) is 2.84. The van der Waals surface area contributed by atoms with Gasteiger partial charge in [0.15, 0.2) is 11.5 Å². The number of furan rings is 1. The van der Waals surface area contributed by atoms with Crippen molar-refractivity contribution in [1.82, 2.24) is 5.43 Å². The smallest absolute Gasteiger partial charge is 0.282 e. The third-order valence-corrected chi connectivity index (χ3v) is 3.19. The minimum Gasteiger partial charge on any atom is -0.469 e. The summed E-state index contributed by atoms with van der Waals surface area (Å²) in [7, 11) is 0. The molecule has 23 heavy (non-hydrogen) atoms. The summed E-state index contributed by atoms with van der Waals surface area (Å²) >= 11 is 0. The molecule has 9 nitrogen and oxygen atoms in total. The van der Waals surface area contributed by atoms with Gasteiger partial charge < -0.3 is 13.9 Å². The molecular formula is C14H11N3O6. The number of benzene rings is 1. The summed E-state index contributed by atoms with van der Waals surface area (Å²) in [6, 6.07) is 4.19. The lowest BCUT2D eigenvalue weighted by atomic mass is 10.1. The molecule has 2 aromatic rings. The van der Waals surface area contributed by atoms with E-state index >= 15 is 0 Å². The minimum absolute atomic E-state index is 0.00356. The van der Waals surface area contributed by atoms with Crippen LogP contribution in [0.2, 0.25) is 0 Å². The number of hydrogen-bond acceptors (Lipinski definition) is 7. The van der Waals surface area contributed by atoms with Gasteiger partial charge in [-0.1, -0.05) is 0 Å². The predicted molar refractivity (Wildman–Crippen MR) is 77.7 cm³/mol. The van der Waals surface area contributed by atoms with E-state index in [-0.39, 0.29) is 18.0 Å². The normalized spacial score (nSPS) is 12.6. The Kier molecular flexibility index (Phi) is 3.67. The van der Waals surface area contributed by atoms with Crippen LogP contribution < -0.4 is 14.9 Å². The van der Waals surface area contributed by atoms with E-state index in [0.29, 0.717) is 22.8 Å². The molecule has 0 radical (unpaired) electrons. The minimum atomic E-state index is -0.564. The van der Waals surface area contributed by atoms with E-state index in [1.165, 1.54) is 30.7 Å². The van der Waals surface area contributed by atoms with E-state index in [9.17, 15) is 14.9 Å². The average Bonchev–Trinajstić information content (AvgIpc) is 3.14. The highest BCUT2D eigenvalue weighted by molar-refractivity contribution is 5.96. The molecule has 118 valence electrons. The molecule has 1 aromatic carbocycles. The van der Waals surface area contributed by atoms with Crippen molar-refractivity contribution in [3.63, 3.8) is 0 Å². The van der Waals surface area contributed by atoms with Gasteiger partial charge in [0.05, 0.1) is 34.6 Å². The number of nitro benzene ring substituents is 1. The zero-order valence-corrected chi connectivity index (χ0v) is 11.9. The Morgan fingerprint density at radius 3 is 2.78 bits per heavy atom. The van der Waals surface area contributed by atoms with Gasteiger partial charge in [-0.2, -0.15) is 5.10 Å². The van der Waals surface area contributed by atoms with Gasteiger partial charge in [0.1, 0.15) is 5.76 Å². The Bertz CT molecular complexity index is 811. The molecule has 1 aromatic heterocycles. The highest BCUT2D eigenvalue weighted by Gasteiger charge is 2.22. The van der Waals surface area contributed by atoms with Gasteiger partial charge in [0.25, 0.3) is 11.6 Å². The Balaban J connectivity index is 1.81. The van der Waals surface area contributed by atoms with Crippen molar-refractivity contribution >= 4 is 17.8 Å². The van der Waals surface area contributed by atoms with E-state index in [0.717, 1.165) is 0 Å². The molecule has 0 atom stereocenters. The van der Waals surface area contributed by atoms with E-state index in [2.05, 4.69) is 10.5 Å². The third-order valence-electron chi connectivity index (χ3n) is 3.19. The summed E-state index contributed by atoms with van der Waals surface area (Å²) in [6.07, 6.45) is 2.56. The van der Waals surface area contributed by atoms with Crippen molar-refractivity contribution in [2.75, 3.05) is 6.79 Å². The number of hydrogen-bond donors (Lipinski definition) is 1. The van der Waals surface area contributed by atoms with Crippen molar-refractivity contribution < 1.29 is 23.6 Å². The molecular weight excluding hydrogens is 306 g/mol. The maximum absolute atomic E-state index is 11.9. The van der Waals surface area contributed by atoms with Crippen LogP contribution >= 0.6 is 0 Å². The monoisotopic (exact) mass is 317 g/mol. The number of nitrogens with one attached hydrogen (secondary N) is 1. The highest BCUT2D eigenvalue weighted by Crippen LogP contribution is 2.37. The second kappa shape index (κ2) is 5.79. The summed E-state index contributed by atoms with van der Waals surface area (Å²) in [5.41, 5.74) is 2.60. The maximum Gasteiger partial charge on any atom is 0.282 e. The summed E-state index contributed by atoms with van der Waals surface area (Å²) in [5, 5.41) is 14.8. The van der Waals surface area contributed by atoms with Crippen LogP contribution in [0.15, 0.2) is 34.0 Å². The van der Waals surface area contributed by atoms with Gasteiger partial charge in [-0.15, -0.1) is 0 Å². The topological polar surface area (TPSA) is 116 Å². The average molecular weight is 317 g/mol. The zero-order chi connectivity index (χ0) is 16.4.